The van der Waals surface area contributed by atoms with Crippen LogP contribution in [0.5, 0.6) is 0 Å². The van der Waals surface area contributed by atoms with E-state index in [9.17, 15) is 0 Å². The second-order valence-corrected chi connectivity index (χ2v) is 6.14. The second-order valence-electron chi connectivity index (χ2n) is 6.14. The molecule has 0 saturated carbocycles. The molecule has 2 aromatic carbocycles. The van der Waals surface area contributed by atoms with Crippen molar-refractivity contribution in [2.45, 2.75) is 0 Å². The number of anilines is 3. The van der Waals surface area contributed by atoms with E-state index in [4.69, 9.17) is 5.73 Å². The normalized spacial score (nSPS) is 11.2. The Kier molecular flexibility index (Phi) is 3.15. The van der Waals surface area contributed by atoms with Gasteiger partial charge in [0, 0.05) is 46.4 Å². The summed E-state index contributed by atoms with van der Waals surface area (Å²) in [6.45, 7) is 0. The zero-order chi connectivity index (χ0) is 17.5. The van der Waals surface area contributed by atoms with Crippen LogP contribution in [0.15, 0.2) is 73.3 Å². The monoisotopic (exact) mass is 340 g/mol. The summed E-state index contributed by atoms with van der Waals surface area (Å²) >= 11 is 0. The molecule has 0 unspecified atom stereocenters. The number of hydrogen-bond acceptors (Lipinski definition) is 4. The molecular weight excluding hydrogens is 324 g/mol. The average molecular weight is 340 g/mol. The van der Waals surface area contributed by atoms with Gasteiger partial charge in [0.2, 0.25) is 0 Å². The van der Waals surface area contributed by atoms with Crippen LogP contribution >= 0.6 is 0 Å². The first kappa shape index (κ1) is 14.5. The van der Waals surface area contributed by atoms with Crippen LogP contribution in [0.3, 0.4) is 0 Å². The molecule has 3 aromatic heterocycles. The number of nitrogen functional groups attached to an aromatic ring is 1. The number of hydrogen-bond donors (Lipinski definition) is 3. The molecule has 0 spiro atoms. The lowest BCUT2D eigenvalue weighted by Crippen LogP contribution is -1.98. The van der Waals surface area contributed by atoms with E-state index >= 15 is 0 Å². The Bertz CT molecular complexity index is 1220. The van der Waals surface area contributed by atoms with Gasteiger partial charge in [-0.3, -0.25) is 4.40 Å². The fourth-order valence-corrected chi connectivity index (χ4v) is 3.14. The van der Waals surface area contributed by atoms with Gasteiger partial charge in [0.05, 0.1) is 11.9 Å². The lowest BCUT2D eigenvalue weighted by molar-refractivity contribution is 1.13. The second kappa shape index (κ2) is 5.63. The third-order valence-electron chi connectivity index (χ3n) is 4.45. The molecule has 4 N–H and O–H groups in total. The van der Waals surface area contributed by atoms with Crippen molar-refractivity contribution in [3.05, 3.63) is 73.3 Å². The molecule has 0 saturated heterocycles. The predicted octanol–water partition coefficient (Wildman–Crippen LogP) is 4.20. The van der Waals surface area contributed by atoms with E-state index in [-0.39, 0.29) is 0 Å². The van der Waals surface area contributed by atoms with Gasteiger partial charge in [0.1, 0.15) is 0 Å². The lowest BCUT2D eigenvalue weighted by atomic mass is 10.1. The molecule has 5 rings (SSSR count). The zero-order valence-corrected chi connectivity index (χ0v) is 13.8. The summed E-state index contributed by atoms with van der Waals surface area (Å²) in [4.78, 5) is 12.2. The smallest absolute Gasteiger partial charge is 0.180 e. The first-order valence-electron chi connectivity index (χ1n) is 8.30. The van der Waals surface area contributed by atoms with Crippen LogP contribution in [0.1, 0.15) is 0 Å². The largest absolute Gasteiger partial charge is 0.399 e. The highest BCUT2D eigenvalue weighted by Gasteiger charge is 2.10. The maximum absolute atomic E-state index is 5.79. The van der Waals surface area contributed by atoms with Crippen molar-refractivity contribution in [1.29, 1.82) is 0 Å². The van der Waals surface area contributed by atoms with Crippen LogP contribution in [-0.4, -0.2) is 19.4 Å². The van der Waals surface area contributed by atoms with Crippen molar-refractivity contribution in [3.8, 4) is 11.3 Å². The number of H-pyrrole nitrogens is 1. The zero-order valence-electron chi connectivity index (χ0n) is 13.8. The van der Waals surface area contributed by atoms with E-state index in [0.717, 1.165) is 39.2 Å². The highest BCUT2D eigenvalue weighted by molar-refractivity contribution is 5.85. The highest BCUT2D eigenvalue weighted by Crippen LogP contribution is 2.26. The lowest BCUT2D eigenvalue weighted by Gasteiger charge is -2.08. The molecule has 0 amide bonds. The first-order valence-corrected chi connectivity index (χ1v) is 8.30. The van der Waals surface area contributed by atoms with Crippen LogP contribution in [0.4, 0.5) is 17.2 Å². The third-order valence-corrected chi connectivity index (χ3v) is 4.45. The maximum Gasteiger partial charge on any atom is 0.180 e. The van der Waals surface area contributed by atoms with Gasteiger partial charge in [-0.25, -0.2) is 9.97 Å². The van der Waals surface area contributed by atoms with Crippen molar-refractivity contribution < 1.29 is 0 Å². The highest BCUT2D eigenvalue weighted by atomic mass is 15.1. The van der Waals surface area contributed by atoms with Crippen LogP contribution in [-0.2, 0) is 0 Å². The number of imidazole rings is 1. The maximum atomic E-state index is 5.79. The van der Waals surface area contributed by atoms with Crippen molar-refractivity contribution in [2.75, 3.05) is 11.1 Å². The number of aromatic amines is 1. The Hall–Kier alpha value is -3.80. The molecule has 0 aliphatic carbocycles. The Labute approximate surface area is 149 Å². The summed E-state index contributed by atoms with van der Waals surface area (Å²) in [6, 6.07) is 16.0. The summed E-state index contributed by atoms with van der Waals surface area (Å²) < 4.78 is 2.02. The molecule has 0 atom stereocenters. The predicted molar refractivity (Wildman–Crippen MR) is 104 cm³/mol. The van der Waals surface area contributed by atoms with Crippen LogP contribution in [0.25, 0.3) is 27.8 Å². The Morgan fingerprint density at radius 1 is 1.00 bits per heavy atom. The van der Waals surface area contributed by atoms with Crippen LogP contribution in [0, 0.1) is 0 Å². The number of benzene rings is 2. The molecule has 126 valence electrons. The number of aromatic nitrogens is 4. The number of nitrogens with one attached hydrogen (secondary N) is 2. The Morgan fingerprint density at radius 2 is 1.88 bits per heavy atom. The van der Waals surface area contributed by atoms with Gasteiger partial charge in [0.15, 0.2) is 11.5 Å². The van der Waals surface area contributed by atoms with Gasteiger partial charge in [0.25, 0.3) is 0 Å². The summed E-state index contributed by atoms with van der Waals surface area (Å²) in [5.41, 5.74) is 11.4. The van der Waals surface area contributed by atoms with Gasteiger partial charge in [-0.1, -0.05) is 12.1 Å². The molecule has 26 heavy (non-hydrogen) atoms. The minimum absolute atomic E-state index is 0.712. The molecular formula is C20H16N6. The van der Waals surface area contributed by atoms with E-state index in [1.807, 2.05) is 65.5 Å². The Balaban J connectivity index is 1.57. The minimum atomic E-state index is 0.712. The van der Waals surface area contributed by atoms with Crippen molar-refractivity contribution in [1.82, 2.24) is 19.4 Å². The molecule has 6 nitrogen and oxygen atoms in total. The fourth-order valence-electron chi connectivity index (χ4n) is 3.14. The molecule has 5 aromatic rings. The minimum Gasteiger partial charge on any atom is -0.399 e. The summed E-state index contributed by atoms with van der Waals surface area (Å²) in [7, 11) is 0. The third kappa shape index (κ3) is 2.36. The SMILES string of the molecule is Nc1ccc(-c2cnc3c(Nc4ccc5[nH]ccc5c4)nccn23)cc1. The number of nitrogens with zero attached hydrogens (tertiary/aromatic N) is 3. The fraction of sp³-hybridized carbons (Fsp3) is 0. The molecule has 0 radical (unpaired) electrons. The number of fused-ring (bicyclic) bond motifs is 2. The first-order chi connectivity index (χ1) is 12.8. The van der Waals surface area contributed by atoms with Crippen molar-refractivity contribution >= 4 is 33.7 Å². The molecule has 6 heteroatoms. The summed E-state index contributed by atoms with van der Waals surface area (Å²) in [6.07, 6.45) is 7.46. The van der Waals surface area contributed by atoms with Gasteiger partial charge in [-0.15, -0.1) is 0 Å². The quantitative estimate of drug-likeness (QED) is 0.430. The van der Waals surface area contributed by atoms with E-state index in [1.54, 1.807) is 6.20 Å². The molecule has 0 fully saturated rings. The van der Waals surface area contributed by atoms with Gasteiger partial charge < -0.3 is 16.0 Å². The standard InChI is InChI=1S/C20H16N6/c21-15-3-1-13(2-4-15)18-12-24-20-19(23-9-10-26(18)20)25-16-5-6-17-14(11-16)7-8-22-17/h1-12,22H,21H2,(H,23,25). The molecule has 0 aliphatic rings. The van der Waals surface area contributed by atoms with Crippen LogP contribution < -0.4 is 11.1 Å². The number of nitrogens with two attached hydrogens (primary N) is 1. The van der Waals surface area contributed by atoms with Crippen LogP contribution in [0.2, 0.25) is 0 Å². The van der Waals surface area contributed by atoms with E-state index in [2.05, 4.69) is 26.3 Å². The van der Waals surface area contributed by atoms with Gasteiger partial charge in [-0.05, 0) is 36.4 Å². The van der Waals surface area contributed by atoms with Crippen molar-refractivity contribution in [3.63, 3.8) is 0 Å². The van der Waals surface area contributed by atoms with Gasteiger partial charge >= 0.3 is 0 Å². The Morgan fingerprint density at radius 3 is 2.77 bits per heavy atom. The molecule has 3 heterocycles. The van der Waals surface area contributed by atoms with E-state index in [1.165, 1.54) is 0 Å². The van der Waals surface area contributed by atoms with Crippen molar-refractivity contribution in [2.24, 2.45) is 0 Å². The molecule has 0 bridgehead atoms. The summed E-state index contributed by atoms with van der Waals surface area (Å²) in [5, 5.41) is 4.52. The van der Waals surface area contributed by atoms with Gasteiger partial charge in [-0.2, -0.15) is 0 Å². The molecule has 0 aliphatic heterocycles. The average Bonchev–Trinajstić information content (AvgIpc) is 3.29. The topological polar surface area (TPSA) is 84.0 Å². The van der Waals surface area contributed by atoms with E-state index < -0.39 is 0 Å². The summed E-state index contributed by atoms with van der Waals surface area (Å²) in [5.74, 6) is 0.712. The van der Waals surface area contributed by atoms with E-state index in [0.29, 0.717) is 5.82 Å². The number of rotatable bonds is 3.